The Morgan fingerprint density at radius 1 is 1.41 bits per heavy atom. The van der Waals surface area contributed by atoms with Gasteiger partial charge < -0.3 is 9.64 Å². The molecule has 1 aliphatic carbocycles. The van der Waals surface area contributed by atoms with Crippen LogP contribution in [0.5, 0.6) is 0 Å². The molecule has 2 bridgehead atoms. The van der Waals surface area contributed by atoms with Gasteiger partial charge in [0.2, 0.25) is 0 Å². The summed E-state index contributed by atoms with van der Waals surface area (Å²) in [5, 5.41) is 0. The second-order valence-electron chi connectivity index (χ2n) is 4.81. The van der Waals surface area contributed by atoms with Crippen molar-refractivity contribution < 1.29 is 9.53 Å². The number of rotatable bonds is 3. The Hall–Kier alpha value is -1.42. The van der Waals surface area contributed by atoms with E-state index in [1.54, 1.807) is 13.3 Å². The lowest BCUT2D eigenvalue weighted by Gasteiger charge is -2.56. The van der Waals surface area contributed by atoms with Crippen LogP contribution in [0.3, 0.4) is 0 Å². The Morgan fingerprint density at radius 3 is 2.82 bits per heavy atom. The summed E-state index contributed by atoms with van der Waals surface area (Å²) in [6.07, 6.45) is 6.22. The summed E-state index contributed by atoms with van der Waals surface area (Å²) in [7, 11) is 1.78. The molecular weight excluding hydrogens is 216 g/mol. The first-order valence-corrected chi connectivity index (χ1v) is 6.04. The van der Waals surface area contributed by atoms with Crippen molar-refractivity contribution in [2.75, 3.05) is 12.0 Å². The molecule has 1 aromatic heterocycles. The number of anilines is 1. The number of carbonyl (C=O) groups excluding carboxylic acids is 1. The Kier molecular flexibility index (Phi) is 2.59. The average molecular weight is 232 g/mol. The van der Waals surface area contributed by atoms with Gasteiger partial charge in [-0.25, -0.2) is 0 Å². The average Bonchev–Trinajstić information content (AvgIpc) is 2.39. The van der Waals surface area contributed by atoms with Gasteiger partial charge in [-0.15, -0.1) is 0 Å². The highest BCUT2D eigenvalue weighted by atomic mass is 16.5. The number of pyridine rings is 1. The van der Waals surface area contributed by atoms with E-state index in [9.17, 15) is 4.79 Å². The number of carbonyl (C=O) groups is 1. The molecule has 4 heteroatoms. The summed E-state index contributed by atoms with van der Waals surface area (Å²) in [6.45, 7) is 0. The molecule has 0 N–H and O–H groups in total. The van der Waals surface area contributed by atoms with Gasteiger partial charge in [0, 0.05) is 25.4 Å². The summed E-state index contributed by atoms with van der Waals surface area (Å²) in [4.78, 5) is 17.5. The standard InChI is InChI=1S/C13H16N2O2/c1-17-11-6-9-5-10(7-11)15(9)13-3-2-4-14-12(13)8-16/h2-4,8-11H,5-7H2,1H3. The third-order valence-corrected chi connectivity index (χ3v) is 3.94. The van der Waals surface area contributed by atoms with Crippen LogP contribution < -0.4 is 4.90 Å². The molecule has 90 valence electrons. The van der Waals surface area contributed by atoms with Crippen molar-refractivity contribution in [3.63, 3.8) is 0 Å². The lowest BCUT2D eigenvalue weighted by atomic mass is 9.77. The summed E-state index contributed by atoms with van der Waals surface area (Å²) in [6, 6.07) is 4.91. The van der Waals surface area contributed by atoms with Crippen molar-refractivity contribution in [1.82, 2.24) is 4.98 Å². The highest BCUT2D eigenvalue weighted by Crippen LogP contribution is 2.43. The van der Waals surface area contributed by atoms with E-state index in [2.05, 4.69) is 9.88 Å². The zero-order valence-electron chi connectivity index (χ0n) is 9.87. The lowest BCUT2D eigenvalue weighted by molar-refractivity contribution is 0.0246. The van der Waals surface area contributed by atoms with Crippen LogP contribution in [0, 0.1) is 0 Å². The van der Waals surface area contributed by atoms with Gasteiger partial charge in [0.25, 0.3) is 0 Å². The maximum atomic E-state index is 11.0. The van der Waals surface area contributed by atoms with Crippen molar-refractivity contribution in [3.05, 3.63) is 24.0 Å². The predicted molar refractivity (Wildman–Crippen MR) is 64.3 cm³/mol. The van der Waals surface area contributed by atoms with Crippen LogP contribution in [-0.4, -0.2) is 36.6 Å². The second-order valence-corrected chi connectivity index (χ2v) is 4.81. The number of aromatic nitrogens is 1. The summed E-state index contributed by atoms with van der Waals surface area (Å²) < 4.78 is 5.42. The molecule has 3 fully saturated rings. The van der Waals surface area contributed by atoms with Crippen LogP contribution in [0.2, 0.25) is 0 Å². The molecule has 0 aromatic carbocycles. The molecule has 2 aliphatic heterocycles. The van der Waals surface area contributed by atoms with Crippen LogP contribution >= 0.6 is 0 Å². The van der Waals surface area contributed by atoms with Gasteiger partial charge in [0.05, 0.1) is 11.8 Å². The summed E-state index contributed by atoms with van der Waals surface area (Å²) >= 11 is 0. The van der Waals surface area contributed by atoms with Gasteiger partial charge in [-0.3, -0.25) is 9.78 Å². The fourth-order valence-corrected chi connectivity index (χ4v) is 3.13. The zero-order chi connectivity index (χ0) is 11.8. The Morgan fingerprint density at radius 2 is 2.18 bits per heavy atom. The zero-order valence-corrected chi connectivity index (χ0v) is 9.87. The number of aldehydes is 1. The molecule has 0 spiro atoms. The van der Waals surface area contributed by atoms with Crippen LogP contribution in [-0.2, 0) is 4.74 Å². The lowest BCUT2D eigenvalue weighted by Crippen LogP contribution is -2.62. The van der Waals surface area contributed by atoms with Crippen LogP contribution in [0.15, 0.2) is 18.3 Å². The minimum Gasteiger partial charge on any atom is -0.381 e. The molecular formula is C13H16N2O2. The number of fused-ring (bicyclic) bond motifs is 2. The minimum absolute atomic E-state index is 0.381. The van der Waals surface area contributed by atoms with Crippen molar-refractivity contribution in [3.8, 4) is 0 Å². The van der Waals surface area contributed by atoms with E-state index in [0.29, 0.717) is 23.9 Å². The maximum absolute atomic E-state index is 11.0. The van der Waals surface area contributed by atoms with Crippen molar-refractivity contribution in [2.24, 2.45) is 0 Å². The maximum Gasteiger partial charge on any atom is 0.170 e. The highest BCUT2D eigenvalue weighted by molar-refractivity contribution is 5.82. The van der Waals surface area contributed by atoms with Crippen molar-refractivity contribution in [2.45, 2.75) is 37.5 Å². The smallest absolute Gasteiger partial charge is 0.170 e. The fourth-order valence-electron chi connectivity index (χ4n) is 3.13. The Bertz CT molecular complexity index is 423. The third-order valence-electron chi connectivity index (χ3n) is 3.94. The van der Waals surface area contributed by atoms with Gasteiger partial charge in [0.1, 0.15) is 5.69 Å². The minimum atomic E-state index is 0.381. The number of methoxy groups -OCH3 is 1. The Balaban J connectivity index is 1.85. The first kappa shape index (κ1) is 10.7. The predicted octanol–water partition coefficient (Wildman–Crippen LogP) is 1.65. The van der Waals surface area contributed by atoms with E-state index < -0.39 is 0 Å². The number of nitrogens with zero attached hydrogens (tertiary/aromatic N) is 2. The van der Waals surface area contributed by atoms with E-state index in [-0.39, 0.29) is 0 Å². The monoisotopic (exact) mass is 232 g/mol. The molecule has 4 nitrogen and oxygen atoms in total. The topological polar surface area (TPSA) is 42.4 Å². The van der Waals surface area contributed by atoms with Crippen LogP contribution in [0.4, 0.5) is 5.69 Å². The molecule has 1 saturated carbocycles. The van der Waals surface area contributed by atoms with Crippen molar-refractivity contribution in [1.29, 1.82) is 0 Å². The van der Waals surface area contributed by atoms with Gasteiger partial charge in [0.15, 0.2) is 6.29 Å². The number of piperidine rings is 1. The molecule has 1 aromatic rings. The highest BCUT2D eigenvalue weighted by Gasteiger charge is 2.46. The normalized spacial score (nSPS) is 30.9. The molecule has 2 atom stereocenters. The first-order chi connectivity index (χ1) is 8.33. The van der Waals surface area contributed by atoms with Crippen LogP contribution in [0.1, 0.15) is 29.8 Å². The van der Waals surface area contributed by atoms with E-state index in [1.807, 2.05) is 12.1 Å². The van der Waals surface area contributed by atoms with E-state index in [0.717, 1.165) is 24.8 Å². The molecule has 2 saturated heterocycles. The Labute approximate surface area is 101 Å². The number of ether oxygens (including phenoxy) is 1. The van der Waals surface area contributed by atoms with Gasteiger partial charge in [-0.05, 0) is 31.4 Å². The van der Waals surface area contributed by atoms with Gasteiger partial charge in [-0.1, -0.05) is 0 Å². The van der Waals surface area contributed by atoms with Crippen LogP contribution in [0.25, 0.3) is 0 Å². The summed E-state index contributed by atoms with van der Waals surface area (Å²) in [5.74, 6) is 0. The molecule has 0 amide bonds. The molecule has 3 aliphatic rings. The molecule has 3 heterocycles. The largest absolute Gasteiger partial charge is 0.381 e. The first-order valence-electron chi connectivity index (χ1n) is 6.04. The van der Waals surface area contributed by atoms with Gasteiger partial charge in [-0.2, -0.15) is 0 Å². The van der Waals surface area contributed by atoms with Crippen molar-refractivity contribution >= 4 is 12.0 Å². The van der Waals surface area contributed by atoms with Gasteiger partial charge >= 0.3 is 0 Å². The quantitative estimate of drug-likeness (QED) is 0.743. The fraction of sp³-hybridized carbons (Fsp3) is 0.538. The molecule has 17 heavy (non-hydrogen) atoms. The molecule has 2 unspecified atom stereocenters. The number of hydrogen-bond acceptors (Lipinski definition) is 4. The van der Waals surface area contributed by atoms with E-state index in [4.69, 9.17) is 4.74 Å². The summed E-state index contributed by atoms with van der Waals surface area (Å²) in [5.41, 5.74) is 1.54. The van der Waals surface area contributed by atoms with E-state index >= 15 is 0 Å². The SMILES string of the molecule is COC1CC2CC(C1)N2c1cccnc1C=O. The molecule has 0 radical (unpaired) electrons. The van der Waals surface area contributed by atoms with E-state index in [1.165, 1.54) is 6.42 Å². The second kappa shape index (κ2) is 4.11. The third kappa shape index (κ3) is 1.63. The molecule has 4 rings (SSSR count). The number of hydrogen-bond donors (Lipinski definition) is 0.